The molecule has 1 aliphatic heterocycles. The fourth-order valence-electron chi connectivity index (χ4n) is 4.77. The lowest BCUT2D eigenvalue weighted by atomic mass is 9.85. The molecule has 196 valence electrons. The van der Waals surface area contributed by atoms with E-state index in [0.717, 1.165) is 55.2 Å². The first-order chi connectivity index (χ1) is 17.6. The van der Waals surface area contributed by atoms with E-state index < -0.39 is 5.91 Å². The highest BCUT2D eigenvalue weighted by Gasteiger charge is 2.28. The summed E-state index contributed by atoms with van der Waals surface area (Å²) in [6.45, 7) is 1.72. The van der Waals surface area contributed by atoms with Gasteiger partial charge in [-0.25, -0.2) is 4.98 Å². The van der Waals surface area contributed by atoms with Gasteiger partial charge in [-0.1, -0.05) is 23.7 Å². The second-order valence-corrected chi connectivity index (χ2v) is 11.4. The fourth-order valence-corrected chi connectivity index (χ4v) is 5.95. The summed E-state index contributed by atoms with van der Waals surface area (Å²) >= 11 is 7.40. The van der Waals surface area contributed by atoms with Gasteiger partial charge in [0.25, 0.3) is 11.8 Å². The van der Waals surface area contributed by atoms with E-state index in [1.165, 1.54) is 16.2 Å². The SMILES string of the molecule is CN(C)C(=O)C1CCC(NC(=O)c2ccc3cc(Cl)ccc3c2)CC1.CN1Cc2nc(C(N)=O)sc2C1. The van der Waals surface area contributed by atoms with E-state index in [-0.39, 0.29) is 23.8 Å². The van der Waals surface area contributed by atoms with Crippen molar-refractivity contribution in [3.8, 4) is 0 Å². The molecule has 0 spiro atoms. The minimum Gasteiger partial charge on any atom is -0.364 e. The first-order valence-electron chi connectivity index (χ1n) is 12.3. The normalized spacial score (nSPS) is 19.0. The Balaban J connectivity index is 0.000000222. The van der Waals surface area contributed by atoms with E-state index in [1.807, 2.05) is 43.4 Å². The number of carbonyl (C=O) groups excluding carboxylic acids is 3. The molecule has 0 unspecified atom stereocenters. The third-order valence-electron chi connectivity index (χ3n) is 6.74. The molecule has 0 radical (unpaired) electrons. The highest BCUT2D eigenvalue weighted by atomic mass is 35.5. The summed E-state index contributed by atoms with van der Waals surface area (Å²) in [5.74, 6) is -0.192. The van der Waals surface area contributed by atoms with Gasteiger partial charge in [-0.3, -0.25) is 19.3 Å². The molecule has 0 saturated heterocycles. The molecule has 2 heterocycles. The molecule has 0 atom stereocenters. The smallest absolute Gasteiger partial charge is 0.277 e. The topological polar surface area (TPSA) is 109 Å². The van der Waals surface area contributed by atoms with Gasteiger partial charge in [-0.15, -0.1) is 11.3 Å². The summed E-state index contributed by atoms with van der Waals surface area (Å²) in [5, 5.41) is 6.25. The third-order valence-corrected chi connectivity index (χ3v) is 8.07. The number of nitrogens with zero attached hydrogens (tertiary/aromatic N) is 3. The zero-order chi connectivity index (χ0) is 26.7. The average molecular weight is 542 g/mol. The largest absolute Gasteiger partial charge is 0.364 e. The number of amides is 3. The van der Waals surface area contributed by atoms with Crippen LogP contribution in [0.1, 0.15) is 56.4 Å². The van der Waals surface area contributed by atoms with Gasteiger partial charge in [0.1, 0.15) is 0 Å². The highest BCUT2D eigenvalue weighted by molar-refractivity contribution is 7.13. The maximum absolute atomic E-state index is 12.5. The van der Waals surface area contributed by atoms with Crippen molar-refractivity contribution >= 4 is 51.4 Å². The molecule has 3 aromatic rings. The molecule has 0 bridgehead atoms. The Morgan fingerprint density at radius 3 is 2.38 bits per heavy atom. The third kappa shape index (κ3) is 6.66. The van der Waals surface area contributed by atoms with Crippen LogP contribution in [0.15, 0.2) is 36.4 Å². The van der Waals surface area contributed by atoms with Gasteiger partial charge in [0.2, 0.25) is 5.91 Å². The number of thiazole rings is 1. The Bertz CT molecular complexity index is 1290. The van der Waals surface area contributed by atoms with E-state index in [1.54, 1.807) is 19.0 Å². The number of halogens is 1. The molecular formula is C27H32ClN5O3S. The Morgan fingerprint density at radius 1 is 1.05 bits per heavy atom. The molecule has 8 nitrogen and oxygen atoms in total. The number of benzene rings is 2. The number of hydrogen-bond donors (Lipinski definition) is 2. The Morgan fingerprint density at radius 2 is 1.73 bits per heavy atom. The Hall–Kier alpha value is -3.01. The maximum Gasteiger partial charge on any atom is 0.277 e. The second-order valence-electron chi connectivity index (χ2n) is 9.89. The highest BCUT2D eigenvalue weighted by Crippen LogP contribution is 2.27. The molecular weight excluding hydrogens is 510 g/mol. The molecule has 2 aliphatic rings. The predicted octanol–water partition coefficient (Wildman–Crippen LogP) is 4.06. The lowest BCUT2D eigenvalue weighted by Crippen LogP contribution is -2.40. The van der Waals surface area contributed by atoms with Gasteiger partial charge in [0.15, 0.2) is 5.01 Å². The lowest BCUT2D eigenvalue weighted by Gasteiger charge is -2.29. The summed E-state index contributed by atoms with van der Waals surface area (Å²) in [6.07, 6.45) is 3.36. The minimum absolute atomic E-state index is 0.0563. The number of primary amides is 1. The molecule has 2 aromatic carbocycles. The van der Waals surface area contributed by atoms with Gasteiger partial charge < -0.3 is 16.0 Å². The summed E-state index contributed by atoms with van der Waals surface area (Å²) in [7, 11) is 5.62. The van der Waals surface area contributed by atoms with E-state index in [9.17, 15) is 14.4 Å². The van der Waals surface area contributed by atoms with Crippen molar-refractivity contribution in [1.29, 1.82) is 0 Å². The van der Waals surface area contributed by atoms with Crippen molar-refractivity contribution < 1.29 is 14.4 Å². The predicted molar refractivity (Wildman–Crippen MR) is 147 cm³/mol. The molecule has 37 heavy (non-hydrogen) atoms. The minimum atomic E-state index is -0.419. The second kappa shape index (κ2) is 11.6. The number of rotatable bonds is 4. The van der Waals surface area contributed by atoms with Crippen LogP contribution >= 0.6 is 22.9 Å². The monoisotopic (exact) mass is 541 g/mol. The molecule has 1 aromatic heterocycles. The zero-order valence-corrected chi connectivity index (χ0v) is 22.9. The average Bonchev–Trinajstić information content (AvgIpc) is 3.42. The molecule has 3 N–H and O–H groups in total. The van der Waals surface area contributed by atoms with Crippen molar-refractivity contribution in [1.82, 2.24) is 20.1 Å². The van der Waals surface area contributed by atoms with Crippen molar-refractivity contribution in [2.45, 2.75) is 44.8 Å². The molecule has 1 saturated carbocycles. The van der Waals surface area contributed by atoms with Crippen LogP contribution in [0.4, 0.5) is 0 Å². The first kappa shape index (κ1) is 27.0. The summed E-state index contributed by atoms with van der Waals surface area (Å²) in [4.78, 5) is 44.4. The zero-order valence-electron chi connectivity index (χ0n) is 21.3. The lowest BCUT2D eigenvalue weighted by molar-refractivity contribution is -0.134. The van der Waals surface area contributed by atoms with Crippen LogP contribution in [0.2, 0.25) is 5.02 Å². The van der Waals surface area contributed by atoms with E-state index >= 15 is 0 Å². The van der Waals surface area contributed by atoms with Crippen LogP contribution in [0.3, 0.4) is 0 Å². The van der Waals surface area contributed by atoms with Gasteiger partial charge in [0, 0.05) is 54.6 Å². The number of carbonyl (C=O) groups is 3. The van der Waals surface area contributed by atoms with Gasteiger partial charge in [-0.2, -0.15) is 0 Å². The molecule has 5 rings (SSSR count). The Kier molecular flexibility index (Phi) is 8.46. The van der Waals surface area contributed by atoms with Crippen LogP contribution in [-0.2, 0) is 17.9 Å². The van der Waals surface area contributed by atoms with Gasteiger partial charge in [-0.05, 0) is 67.8 Å². The number of aromatic nitrogens is 1. The van der Waals surface area contributed by atoms with Crippen molar-refractivity contribution in [3.63, 3.8) is 0 Å². The van der Waals surface area contributed by atoms with Crippen LogP contribution in [-0.4, -0.2) is 59.7 Å². The van der Waals surface area contributed by atoms with Crippen molar-refractivity contribution in [2.75, 3.05) is 21.1 Å². The first-order valence-corrected chi connectivity index (χ1v) is 13.5. The van der Waals surface area contributed by atoms with Crippen molar-refractivity contribution in [2.24, 2.45) is 11.7 Å². The van der Waals surface area contributed by atoms with Gasteiger partial charge in [0.05, 0.1) is 5.69 Å². The summed E-state index contributed by atoms with van der Waals surface area (Å²) < 4.78 is 0. The fraction of sp³-hybridized carbons (Fsp3) is 0.407. The number of nitrogens with one attached hydrogen (secondary N) is 1. The summed E-state index contributed by atoms with van der Waals surface area (Å²) in [6, 6.07) is 11.4. The van der Waals surface area contributed by atoms with Gasteiger partial charge >= 0.3 is 0 Å². The molecule has 10 heteroatoms. The standard InChI is InChI=1S/C20H23ClN2O2.C7H9N3OS/c1-23(2)20(25)13-6-9-18(10-7-13)22-19(24)16-4-3-15-12-17(21)8-5-14(15)11-16;1-10-2-4-5(3-10)12-7(9-4)6(8)11/h3-5,8,11-13,18H,6-7,9-10H2,1-2H3,(H,22,24);2-3H2,1H3,(H2,8,11). The van der Waals surface area contributed by atoms with Crippen LogP contribution < -0.4 is 11.1 Å². The van der Waals surface area contributed by atoms with E-state index in [0.29, 0.717) is 15.6 Å². The maximum atomic E-state index is 12.5. The van der Waals surface area contributed by atoms with Crippen LogP contribution in [0.5, 0.6) is 0 Å². The number of nitrogens with two attached hydrogens (primary N) is 1. The number of fused-ring (bicyclic) bond motifs is 2. The van der Waals surface area contributed by atoms with Crippen LogP contribution in [0, 0.1) is 5.92 Å². The van der Waals surface area contributed by atoms with E-state index in [4.69, 9.17) is 17.3 Å². The van der Waals surface area contributed by atoms with E-state index in [2.05, 4.69) is 15.2 Å². The number of hydrogen-bond acceptors (Lipinski definition) is 6. The molecule has 3 amide bonds. The molecule has 1 aliphatic carbocycles. The van der Waals surface area contributed by atoms with Crippen molar-refractivity contribution in [3.05, 3.63) is 62.6 Å². The van der Waals surface area contributed by atoms with Crippen LogP contribution in [0.25, 0.3) is 10.8 Å². The Labute approximate surface area is 225 Å². The molecule has 1 fully saturated rings. The quantitative estimate of drug-likeness (QED) is 0.518. The summed E-state index contributed by atoms with van der Waals surface area (Å²) in [5.41, 5.74) is 6.77.